The van der Waals surface area contributed by atoms with Crippen molar-refractivity contribution in [1.82, 2.24) is 0 Å². The van der Waals surface area contributed by atoms with Gasteiger partial charge in [0.25, 0.3) is 0 Å². The molecule has 3 N–H and O–H groups in total. The van der Waals surface area contributed by atoms with Crippen LogP contribution in [0.4, 0.5) is 0 Å². The normalized spacial score (nSPS) is 11.2. The summed E-state index contributed by atoms with van der Waals surface area (Å²) >= 11 is 0. The Kier molecular flexibility index (Phi) is 4.55. The number of benzene rings is 1. The largest absolute Gasteiger partial charge is 0.494 e. The molecule has 1 aromatic carbocycles. The van der Waals surface area contributed by atoms with Crippen molar-refractivity contribution >= 4 is 5.84 Å². The maximum atomic E-state index is 7.12. The predicted molar refractivity (Wildman–Crippen MR) is 71.8 cm³/mol. The molecule has 0 aliphatic carbocycles. The summed E-state index contributed by atoms with van der Waals surface area (Å²) < 4.78 is 5.64. The lowest BCUT2D eigenvalue weighted by Gasteiger charge is -2.19. The van der Waals surface area contributed by atoms with E-state index in [2.05, 4.69) is 32.9 Å². The van der Waals surface area contributed by atoms with Gasteiger partial charge in [0.15, 0.2) is 0 Å². The van der Waals surface area contributed by atoms with E-state index >= 15 is 0 Å². The van der Waals surface area contributed by atoms with Gasteiger partial charge in [-0.25, -0.2) is 0 Å². The van der Waals surface area contributed by atoms with Gasteiger partial charge in [-0.1, -0.05) is 32.9 Å². The molecule has 0 heterocycles. The van der Waals surface area contributed by atoms with Crippen molar-refractivity contribution in [3.63, 3.8) is 0 Å². The highest BCUT2D eigenvalue weighted by atomic mass is 16.5. The third-order valence-corrected chi connectivity index (χ3v) is 2.56. The highest BCUT2D eigenvalue weighted by Gasteiger charge is 2.13. The second kappa shape index (κ2) is 5.71. The van der Waals surface area contributed by atoms with Crippen LogP contribution in [0.5, 0.6) is 5.75 Å². The Morgan fingerprint density at radius 1 is 1.35 bits per heavy atom. The highest BCUT2D eigenvalue weighted by molar-refractivity contribution is 5.76. The first-order valence-electron chi connectivity index (χ1n) is 5.96. The lowest BCUT2D eigenvalue weighted by Crippen LogP contribution is -2.12. The third-order valence-electron chi connectivity index (χ3n) is 2.56. The van der Waals surface area contributed by atoms with Crippen LogP contribution in [0.3, 0.4) is 0 Å². The molecular weight excluding hydrogens is 212 g/mol. The molecule has 0 saturated carbocycles. The van der Waals surface area contributed by atoms with Gasteiger partial charge < -0.3 is 10.5 Å². The van der Waals surface area contributed by atoms with Crippen molar-refractivity contribution < 1.29 is 4.74 Å². The number of nitrogens with one attached hydrogen (secondary N) is 1. The van der Waals surface area contributed by atoms with Crippen LogP contribution < -0.4 is 10.5 Å². The quantitative estimate of drug-likeness (QED) is 0.467. The zero-order valence-electron chi connectivity index (χ0n) is 10.9. The first kappa shape index (κ1) is 13.6. The number of hydrogen-bond acceptors (Lipinski definition) is 2. The maximum Gasteiger partial charge on any atom is 0.119 e. The van der Waals surface area contributed by atoms with Gasteiger partial charge in [0.1, 0.15) is 5.75 Å². The second-order valence-corrected chi connectivity index (χ2v) is 5.26. The van der Waals surface area contributed by atoms with Gasteiger partial charge in [-0.2, -0.15) is 0 Å². The fraction of sp³-hybridized carbons (Fsp3) is 0.500. The molecule has 0 fully saturated rings. The van der Waals surface area contributed by atoms with Crippen molar-refractivity contribution in [3.05, 3.63) is 29.8 Å². The molecule has 1 aromatic rings. The molecule has 0 amide bonds. The monoisotopic (exact) mass is 234 g/mol. The van der Waals surface area contributed by atoms with E-state index in [-0.39, 0.29) is 11.3 Å². The van der Waals surface area contributed by atoms with E-state index in [4.69, 9.17) is 15.9 Å². The van der Waals surface area contributed by atoms with Crippen LogP contribution in [0.25, 0.3) is 0 Å². The topological polar surface area (TPSA) is 59.1 Å². The van der Waals surface area contributed by atoms with Crippen molar-refractivity contribution in [2.75, 3.05) is 6.61 Å². The summed E-state index contributed by atoms with van der Waals surface area (Å²) in [7, 11) is 0. The van der Waals surface area contributed by atoms with Crippen LogP contribution in [0.1, 0.15) is 39.2 Å². The third kappa shape index (κ3) is 4.89. The van der Waals surface area contributed by atoms with Crippen molar-refractivity contribution in [2.45, 2.75) is 39.0 Å². The van der Waals surface area contributed by atoms with E-state index in [9.17, 15) is 0 Å². The summed E-state index contributed by atoms with van der Waals surface area (Å²) in [5, 5.41) is 7.12. The summed E-state index contributed by atoms with van der Waals surface area (Å²) in [4.78, 5) is 0. The maximum absolute atomic E-state index is 7.12. The molecule has 0 saturated heterocycles. The molecule has 0 bridgehead atoms. The number of hydrogen-bond donors (Lipinski definition) is 2. The summed E-state index contributed by atoms with van der Waals surface area (Å²) in [6.45, 7) is 7.15. The van der Waals surface area contributed by atoms with Gasteiger partial charge in [0.05, 0.1) is 12.4 Å². The molecule has 0 aliphatic rings. The zero-order valence-corrected chi connectivity index (χ0v) is 10.9. The van der Waals surface area contributed by atoms with Gasteiger partial charge in [0, 0.05) is 6.42 Å². The van der Waals surface area contributed by atoms with Crippen LogP contribution >= 0.6 is 0 Å². The van der Waals surface area contributed by atoms with Crippen LogP contribution in [-0.4, -0.2) is 12.4 Å². The van der Waals surface area contributed by atoms with Crippen LogP contribution in [0.15, 0.2) is 24.3 Å². The standard InChI is InChI=1S/C14H22N2O/c1-14(2,3)11-6-4-7-12(10-11)17-9-5-8-13(15)16/h4,6-7,10H,5,8-9H2,1-3H3,(H3,15,16). The first-order valence-corrected chi connectivity index (χ1v) is 5.96. The molecule has 1 rings (SSSR count). The van der Waals surface area contributed by atoms with Crippen LogP contribution in [0, 0.1) is 5.41 Å². The summed E-state index contributed by atoms with van der Waals surface area (Å²) in [5.74, 6) is 1.11. The van der Waals surface area contributed by atoms with Gasteiger partial charge >= 0.3 is 0 Å². The Balaban J connectivity index is 2.52. The van der Waals surface area contributed by atoms with Gasteiger partial charge in [-0.05, 0) is 29.5 Å². The van der Waals surface area contributed by atoms with Gasteiger partial charge in [0.2, 0.25) is 0 Å². The molecule has 17 heavy (non-hydrogen) atoms. The molecule has 3 nitrogen and oxygen atoms in total. The smallest absolute Gasteiger partial charge is 0.119 e. The fourth-order valence-electron chi connectivity index (χ4n) is 1.51. The zero-order chi connectivity index (χ0) is 12.9. The SMILES string of the molecule is CC(C)(C)c1cccc(OCCCC(=N)N)c1. The predicted octanol–water partition coefficient (Wildman–Crippen LogP) is 3.08. The highest BCUT2D eigenvalue weighted by Crippen LogP contribution is 2.25. The Morgan fingerprint density at radius 2 is 2.06 bits per heavy atom. The lowest BCUT2D eigenvalue weighted by atomic mass is 9.87. The molecule has 0 unspecified atom stereocenters. The summed E-state index contributed by atoms with van der Waals surface area (Å²) in [6, 6.07) is 8.17. The van der Waals surface area contributed by atoms with E-state index < -0.39 is 0 Å². The minimum atomic E-state index is 0.138. The molecule has 3 heteroatoms. The van der Waals surface area contributed by atoms with Crippen molar-refractivity contribution in [2.24, 2.45) is 5.73 Å². The lowest BCUT2D eigenvalue weighted by molar-refractivity contribution is 0.312. The van der Waals surface area contributed by atoms with Crippen molar-refractivity contribution in [1.29, 1.82) is 5.41 Å². The molecule has 0 aromatic heterocycles. The molecular formula is C14H22N2O. The Labute approximate surface area is 103 Å². The van der Waals surface area contributed by atoms with E-state index in [0.717, 1.165) is 12.2 Å². The second-order valence-electron chi connectivity index (χ2n) is 5.26. The minimum Gasteiger partial charge on any atom is -0.494 e. The van der Waals surface area contributed by atoms with Gasteiger partial charge in [-0.3, -0.25) is 5.41 Å². The molecule has 94 valence electrons. The van der Waals surface area contributed by atoms with Crippen LogP contribution in [-0.2, 0) is 5.41 Å². The fourth-order valence-corrected chi connectivity index (χ4v) is 1.51. The van der Waals surface area contributed by atoms with E-state index in [1.165, 1.54) is 5.56 Å². The summed E-state index contributed by atoms with van der Waals surface area (Å²) in [5.41, 5.74) is 6.68. The minimum absolute atomic E-state index is 0.138. The Bertz CT molecular complexity index is 380. The molecule has 0 spiro atoms. The average molecular weight is 234 g/mol. The number of nitrogens with two attached hydrogens (primary N) is 1. The molecule has 0 atom stereocenters. The van der Waals surface area contributed by atoms with Crippen LogP contribution in [0.2, 0.25) is 0 Å². The molecule has 0 aliphatic heterocycles. The summed E-state index contributed by atoms with van der Waals surface area (Å²) in [6.07, 6.45) is 1.38. The number of ether oxygens (including phenoxy) is 1. The Hall–Kier alpha value is -1.51. The van der Waals surface area contributed by atoms with E-state index in [1.54, 1.807) is 0 Å². The van der Waals surface area contributed by atoms with Crippen molar-refractivity contribution in [3.8, 4) is 5.75 Å². The molecule has 0 radical (unpaired) electrons. The number of amidine groups is 1. The Morgan fingerprint density at radius 3 is 2.65 bits per heavy atom. The number of rotatable bonds is 5. The first-order chi connectivity index (χ1) is 7.89. The van der Waals surface area contributed by atoms with E-state index in [0.29, 0.717) is 13.0 Å². The van der Waals surface area contributed by atoms with E-state index in [1.807, 2.05) is 12.1 Å². The van der Waals surface area contributed by atoms with Gasteiger partial charge in [-0.15, -0.1) is 0 Å². The average Bonchev–Trinajstić information content (AvgIpc) is 2.23.